The fourth-order valence-corrected chi connectivity index (χ4v) is 2.14. The summed E-state index contributed by atoms with van der Waals surface area (Å²) in [5.41, 5.74) is 5.96. The normalized spacial score (nSPS) is 40.3. The van der Waals surface area contributed by atoms with Crippen molar-refractivity contribution in [3.05, 3.63) is 0 Å². The first kappa shape index (κ1) is 10.4. The molecular formula is C10H20N2O2. The van der Waals surface area contributed by atoms with E-state index in [9.17, 15) is 0 Å². The lowest BCUT2D eigenvalue weighted by atomic mass is 10.0. The molecular weight excluding hydrogens is 180 g/mol. The van der Waals surface area contributed by atoms with Gasteiger partial charge in [0.25, 0.3) is 0 Å². The third-order valence-electron chi connectivity index (χ3n) is 3.22. The van der Waals surface area contributed by atoms with E-state index in [1.54, 1.807) is 0 Å². The molecule has 2 saturated heterocycles. The number of hydrogen-bond donors (Lipinski definition) is 1. The highest BCUT2D eigenvalue weighted by atomic mass is 16.5. The van der Waals surface area contributed by atoms with Crippen LogP contribution in [-0.2, 0) is 9.47 Å². The molecule has 2 aliphatic heterocycles. The molecule has 4 heteroatoms. The molecule has 0 radical (unpaired) electrons. The second kappa shape index (κ2) is 4.57. The largest absolute Gasteiger partial charge is 0.379 e. The molecule has 0 amide bonds. The van der Waals surface area contributed by atoms with Gasteiger partial charge in [-0.05, 0) is 6.92 Å². The van der Waals surface area contributed by atoms with Crippen LogP contribution in [0, 0.1) is 5.92 Å². The zero-order valence-electron chi connectivity index (χ0n) is 8.82. The maximum absolute atomic E-state index is 5.96. The predicted molar refractivity (Wildman–Crippen MR) is 54.1 cm³/mol. The fraction of sp³-hybridized carbons (Fsp3) is 1.00. The quantitative estimate of drug-likeness (QED) is 0.664. The molecule has 2 rings (SSSR count). The van der Waals surface area contributed by atoms with Gasteiger partial charge in [0.15, 0.2) is 0 Å². The van der Waals surface area contributed by atoms with E-state index in [2.05, 4.69) is 11.8 Å². The Morgan fingerprint density at radius 1 is 1.29 bits per heavy atom. The summed E-state index contributed by atoms with van der Waals surface area (Å²) in [6.45, 7) is 7.56. The van der Waals surface area contributed by atoms with Gasteiger partial charge in [-0.2, -0.15) is 0 Å². The van der Waals surface area contributed by atoms with Crippen LogP contribution in [0.3, 0.4) is 0 Å². The van der Waals surface area contributed by atoms with Gasteiger partial charge < -0.3 is 15.2 Å². The van der Waals surface area contributed by atoms with Gasteiger partial charge in [-0.3, -0.25) is 4.90 Å². The van der Waals surface area contributed by atoms with Gasteiger partial charge in [-0.15, -0.1) is 0 Å². The highest BCUT2D eigenvalue weighted by molar-refractivity contribution is 4.83. The molecule has 0 aromatic carbocycles. The Hall–Kier alpha value is -0.160. The van der Waals surface area contributed by atoms with Crippen LogP contribution in [0.1, 0.15) is 6.92 Å². The van der Waals surface area contributed by atoms with E-state index in [1.807, 2.05) is 0 Å². The van der Waals surface area contributed by atoms with Crippen molar-refractivity contribution < 1.29 is 9.47 Å². The number of morpholine rings is 1. The van der Waals surface area contributed by atoms with Gasteiger partial charge >= 0.3 is 0 Å². The molecule has 0 aromatic heterocycles. The molecule has 14 heavy (non-hydrogen) atoms. The Balaban J connectivity index is 1.83. The molecule has 0 saturated carbocycles. The third kappa shape index (κ3) is 2.25. The molecule has 3 unspecified atom stereocenters. The summed E-state index contributed by atoms with van der Waals surface area (Å²) in [7, 11) is 0. The molecule has 3 atom stereocenters. The van der Waals surface area contributed by atoms with Crippen molar-refractivity contribution in [1.82, 2.24) is 4.90 Å². The maximum atomic E-state index is 5.96. The molecule has 2 fully saturated rings. The van der Waals surface area contributed by atoms with E-state index in [1.165, 1.54) is 0 Å². The van der Waals surface area contributed by atoms with Crippen LogP contribution in [0.25, 0.3) is 0 Å². The first-order chi connectivity index (χ1) is 6.77. The minimum atomic E-state index is 0.227. The van der Waals surface area contributed by atoms with Gasteiger partial charge in [0.2, 0.25) is 0 Å². The molecule has 4 nitrogen and oxygen atoms in total. The molecule has 2 N–H and O–H groups in total. The molecule has 2 aliphatic rings. The highest BCUT2D eigenvalue weighted by Gasteiger charge is 2.29. The topological polar surface area (TPSA) is 47.7 Å². The summed E-state index contributed by atoms with van der Waals surface area (Å²) >= 11 is 0. The smallest absolute Gasteiger partial charge is 0.0621 e. The standard InChI is InChI=1S/C10H20N2O2/c1-8-5-13-3-2-12(8)4-9-6-14-7-10(9)11/h8-10H,2-7,11H2,1H3. The Labute approximate surface area is 85.3 Å². The monoisotopic (exact) mass is 200 g/mol. The van der Waals surface area contributed by atoms with Crippen LogP contribution in [0.4, 0.5) is 0 Å². The van der Waals surface area contributed by atoms with Crippen molar-refractivity contribution in [3.8, 4) is 0 Å². The fourth-order valence-electron chi connectivity index (χ4n) is 2.14. The lowest BCUT2D eigenvalue weighted by molar-refractivity contribution is -0.00839. The lowest BCUT2D eigenvalue weighted by Crippen LogP contribution is -2.48. The minimum absolute atomic E-state index is 0.227. The summed E-state index contributed by atoms with van der Waals surface area (Å²) in [6, 6.07) is 0.751. The van der Waals surface area contributed by atoms with Crippen LogP contribution in [0.15, 0.2) is 0 Å². The van der Waals surface area contributed by atoms with Crippen LogP contribution < -0.4 is 5.73 Å². The van der Waals surface area contributed by atoms with Gasteiger partial charge in [0.05, 0.1) is 26.4 Å². The molecule has 0 bridgehead atoms. The van der Waals surface area contributed by atoms with Crippen molar-refractivity contribution in [2.45, 2.75) is 19.0 Å². The van der Waals surface area contributed by atoms with Crippen molar-refractivity contribution in [3.63, 3.8) is 0 Å². The second-order valence-electron chi connectivity index (χ2n) is 4.38. The van der Waals surface area contributed by atoms with Gasteiger partial charge in [0.1, 0.15) is 0 Å². The summed E-state index contributed by atoms with van der Waals surface area (Å²) < 4.78 is 10.8. The van der Waals surface area contributed by atoms with E-state index in [-0.39, 0.29) is 6.04 Å². The average molecular weight is 200 g/mol. The van der Waals surface area contributed by atoms with Crippen LogP contribution in [0.2, 0.25) is 0 Å². The minimum Gasteiger partial charge on any atom is -0.379 e. The van der Waals surface area contributed by atoms with Gasteiger partial charge in [-0.1, -0.05) is 0 Å². The van der Waals surface area contributed by atoms with Crippen LogP contribution in [0.5, 0.6) is 0 Å². The first-order valence-electron chi connectivity index (χ1n) is 5.42. The zero-order valence-corrected chi connectivity index (χ0v) is 8.82. The van der Waals surface area contributed by atoms with E-state index in [4.69, 9.17) is 15.2 Å². The van der Waals surface area contributed by atoms with E-state index >= 15 is 0 Å². The Bertz CT molecular complexity index is 189. The Morgan fingerprint density at radius 3 is 2.79 bits per heavy atom. The lowest BCUT2D eigenvalue weighted by Gasteiger charge is -2.35. The number of ether oxygens (including phenoxy) is 2. The van der Waals surface area contributed by atoms with Crippen molar-refractivity contribution in [1.29, 1.82) is 0 Å². The SMILES string of the molecule is CC1COCCN1CC1COCC1N. The summed E-state index contributed by atoms with van der Waals surface area (Å²) in [5, 5.41) is 0. The third-order valence-corrected chi connectivity index (χ3v) is 3.22. The number of nitrogens with zero attached hydrogens (tertiary/aromatic N) is 1. The van der Waals surface area contributed by atoms with Crippen LogP contribution >= 0.6 is 0 Å². The van der Waals surface area contributed by atoms with Crippen LogP contribution in [-0.4, -0.2) is 56.5 Å². The number of hydrogen-bond acceptors (Lipinski definition) is 4. The van der Waals surface area contributed by atoms with E-state index in [0.717, 1.165) is 39.5 Å². The maximum Gasteiger partial charge on any atom is 0.0621 e. The van der Waals surface area contributed by atoms with Gasteiger partial charge in [0, 0.05) is 31.1 Å². The Kier molecular flexibility index (Phi) is 3.38. The molecule has 0 spiro atoms. The van der Waals surface area contributed by atoms with Crippen molar-refractivity contribution >= 4 is 0 Å². The summed E-state index contributed by atoms with van der Waals surface area (Å²) in [6.07, 6.45) is 0. The van der Waals surface area contributed by atoms with E-state index < -0.39 is 0 Å². The highest BCUT2D eigenvalue weighted by Crippen LogP contribution is 2.16. The molecule has 0 aliphatic carbocycles. The second-order valence-corrected chi connectivity index (χ2v) is 4.38. The predicted octanol–water partition coefficient (Wildman–Crippen LogP) is -0.319. The summed E-state index contributed by atoms with van der Waals surface area (Å²) in [4.78, 5) is 2.46. The average Bonchev–Trinajstić information content (AvgIpc) is 2.56. The molecule has 0 aromatic rings. The first-order valence-corrected chi connectivity index (χ1v) is 5.42. The number of rotatable bonds is 2. The zero-order chi connectivity index (χ0) is 9.97. The van der Waals surface area contributed by atoms with Crippen molar-refractivity contribution in [2.24, 2.45) is 11.7 Å². The van der Waals surface area contributed by atoms with Crippen molar-refractivity contribution in [2.75, 3.05) is 39.5 Å². The molecule has 2 heterocycles. The van der Waals surface area contributed by atoms with Gasteiger partial charge in [-0.25, -0.2) is 0 Å². The van der Waals surface area contributed by atoms with E-state index in [0.29, 0.717) is 12.0 Å². The Morgan fingerprint density at radius 2 is 2.14 bits per heavy atom. The summed E-state index contributed by atoms with van der Waals surface area (Å²) in [5.74, 6) is 0.510. The number of nitrogens with two attached hydrogens (primary N) is 1. The molecule has 82 valence electrons.